The van der Waals surface area contributed by atoms with Gasteiger partial charge in [-0.25, -0.2) is 4.57 Å². The number of hydrogen-bond acceptors (Lipinski definition) is 6. The van der Waals surface area contributed by atoms with E-state index < -0.39 is 7.82 Å². The summed E-state index contributed by atoms with van der Waals surface area (Å²) in [6, 6.07) is 0. The van der Waals surface area contributed by atoms with Gasteiger partial charge in [-0.05, 0) is 32.4 Å². The van der Waals surface area contributed by atoms with Crippen LogP contribution in [-0.4, -0.2) is 28.7 Å². The van der Waals surface area contributed by atoms with E-state index in [-0.39, 0.29) is 19.1 Å². The van der Waals surface area contributed by atoms with Crippen LogP contribution in [0.4, 0.5) is 0 Å². The van der Waals surface area contributed by atoms with Crippen LogP contribution < -0.4 is 4.52 Å². The number of rotatable bonds is 14. The van der Waals surface area contributed by atoms with E-state index in [1.54, 1.807) is 25.6 Å². The van der Waals surface area contributed by atoms with Crippen molar-refractivity contribution in [1.29, 1.82) is 0 Å². The van der Waals surface area contributed by atoms with Crippen molar-refractivity contribution >= 4 is 31.2 Å². The van der Waals surface area contributed by atoms with Gasteiger partial charge in [0.25, 0.3) is 5.88 Å². The molecule has 0 fully saturated rings. The average Bonchev–Trinajstić information content (AvgIpc) is 2.85. The molecule has 0 aliphatic carbocycles. The zero-order valence-corrected chi connectivity index (χ0v) is 18.1. The molecule has 0 N–H and O–H groups in total. The number of aryl methyl sites for hydroxylation is 1. The van der Waals surface area contributed by atoms with E-state index in [2.05, 4.69) is 18.9 Å². The molecule has 0 aromatic carbocycles. The van der Waals surface area contributed by atoms with Crippen LogP contribution in [0.5, 0.6) is 5.88 Å². The molecule has 0 saturated carbocycles. The monoisotopic (exact) mass is 412 g/mol. The van der Waals surface area contributed by atoms with Gasteiger partial charge in [-0.2, -0.15) is 0 Å². The minimum absolute atomic E-state index is 0.112. The molecule has 1 aromatic rings. The molecule has 0 bridgehead atoms. The summed E-state index contributed by atoms with van der Waals surface area (Å²) in [5.74, 6) is 1.04. The Bertz CT molecular complexity index is 546. The van der Waals surface area contributed by atoms with Crippen LogP contribution in [0.3, 0.4) is 0 Å². The minimum atomic E-state index is -3.71. The maximum Gasteiger partial charge on any atom is 0.531 e. The van der Waals surface area contributed by atoms with Gasteiger partial charge < -0.3 is 4.52 Å². The number of aromatic nitrogens is 2. The van der Waals surface area contributed by atoms with Gasteiger partial charge in [0.15, 0.2) is 0 Å². The Balaban J connectivity index is 2.97. The van der Waals surface area contributed by atoms with Crippen molar-refractivity contribution in [3.05, 3.63) is 5.02 Å². The quantitative estimate of drug-likeness (QED) is 0.206. The summed E-state index contributed by atoms with van der Waals surface area (Å²) in [7, 11) is -3.71. The second-order valence-electron chi connectivity index (χ2n) is 5.43. The topological polar surface area (TPSA) is 62.6 Å². The lowest BCUT2D eigenvalue weighted by Crippen LogP contribution is -2.05. The zero-order chi connectivity index (χ0) is 18.7. The number of unbranched alkanes of at least 4 members (excludes halogenated alkanes) is 3. The first kappa shape index (κ1) is 22.8. The molecule has 0 amide bonds. The lowest BCUT2D eigenvalue weighted by atomic mass is 10.2. The van der Waals surface area contributed by atoms with Crippen LogP contribution in [0, 0.1) is 0 Å². The summed E-state index contributed by atoms with van der Waals surface area (Å²) in [6.45, 7) is 8.92. The van der Waals surface area contributed by atoms with Crippen molar-refractivity contribution in [3.63, 3.8) is 0 Å². The van der Waals surface area contributed by atoms with E-state index >= 15 is 0 Å². The van der Waals surface area contributed by atoms with Crippen molar-refractivity contribution in [2.45, 2.75) is 71.4 Å². The fourth-order valence-electron chi connectivity index (χ4n) is 2.15. The van der Waals surface area contributed by atoms with Crippen molar-refractivity contribution in [2.75, 3.05) is 19.0 Å². The predicted molar refractivity (Wildman–Crippen MR) is 104 cm³/mol. The van der Waals surface area contributed by atoms with Crippen LogP contribution in [0.2, 0.25) is 5.02 Å². The first-order valence-corrected chi connectivity index (χ1v) is 11.8. The molecule has 6 nitrogen and oxygen atoms in total. The molecule has 1 heterocycles. The van der Waals surface area contributed by atoms with Gasteiger partial charge in [-0.15, -0.1) is 16.9 Å². The molecule has 25 heavy (non-hydrogen) atoms. The van der Waals surface area contributed by atoms with E-state index in [0.29, 0.717) is 5.02 Å². The first-order chi connectivity index (χ1) is 12.0. The van der Waals surface area contributed by atoms with Gasteiger partial charge in [0.2, 0.25) is 0 Å². The molecule has 0 unspecified atom stereocenters. The summed E-state index contributed by atoms with van der Waals surface area (Å²) < 4.78 is 30.2. The maximum absolute atomic E-state index is 12.6. The Labute approximate surface area is 160 Å². The molecule has 0 spiro atoms. The molecular formula is C16H30ClN2O4PS. The highest BCUT2D eigenvalue weighted by atomic mass is 35.5. The average molecular weight is 413 g/mol. The highest BCUT2D eigenvalue weighted by molar-refractivity contribution is 7.99. The highest BCUT2D eigenvalue weighted by Gasteiger charge is 2.31. The van der Waals surface area contributed by atoms with Gasteiger partial charge in [-0.3, -0.25) is 13.7 Å². The van der Waals surface area contributed by atoms with Crippen LogP contribution in [0.15, 0.2) is 5.03 Å². The molecule has 1 aromatic heterocycles. The maximum atomic E-state index is 12.6. The fraction of sp³-hybridized carbons (Fsp3) is 0.812. The summed E-state index contributed by atoms with van der Waals surface area (Å²) in [5.41, 5.74) is 0. The van der Waals surface area contributed by atoms with E-state index in [1.807, 2.05) is 4.68 Å². The lowest BCUT2D eigenvalue weighted by Gasteiger charge is -2.15. The van der Waals surface area contributed by atoms with Crippen molar-refractivity contribution in [3.8, 4) is 5.88 Å². The predicted octanol–water partition coefficient (Wildman–Crippen LogP) is 6.18. The van der Waals surface area contributed by atoms with Crippen molar-refractivity contribution in [1.82, 2.24) is 9.78 Å². The van der Waals surface area contributed by atoms with E-state index in [4.69, 9.17) is 25.2 Å². The summed E-state index contributed by atoms with van der Waals surface area (Å²) >= 11 is 8.08. The number of nitrogens with zero attached hydrogens (tertiary/aromatic N) is 2. The van der Waals surface area contributed by atoms with Crippen LogP contribution in [0.1, 0.15) is 59.8 Å². The molecule has 9 heteroatoms. The lowest BCUT2D eigenvalue weighted by molar-refractivity contribution is 0.165. The number of thioether (sulfide) groups is 1. The van der Waals surface area contributed by atoms with Gasteiger partial charge in [-0.1, -0.05) is 44.7 Å². The van der Waals surface area contributed by atoms with E-state index in [9.17, 15) is 4.57 Å². The zero-order valence-electron chi connectivity index (χ0n) is 15.6. The van der Waals surface area contributed by atoms with Crippen LogP contribution in [-0.2, 0) is 20.2 Å². The first-order valence-electron chi connectivity index (χ1n) is 8.99. The Kier molecular flexibility index (Phi) is 11.2. The second-order valence-corrected chi connectivity index (χ2v) is 8.49. The molecule has 1 rings (SSSR count). The summed E-state index contributed by atoms with van der Waals surface area (Å²) in [6.07, 6.45) is 5.55. The SMILES string of the molecule is CCCCCCn1nc(OP(=O)(OCC)OCC)c(Cl)c1SCCC. The Morgan fingerprint density at radius 3 is 2.32 bits per heavy atom. The van der Waals surface area contributed by atoms with Crippen molar-refractivity contribution < 1.29 is 18.1 Å². The third-order valence-electron chi connectivity index (χ3n) is 3.26. The van der Waals surface area contributed by atoms with E-state index in [0.717, 1.165) is 36.6 Å². The molecule has 0 aliphatic rings. The molecule has 0 aliphatic heterocycles. The van der Waals surface area contributed by atoms with Crippen LogP contribution in [0.25, 0.3) is 0 Å². The van der Waals surface area contributed by atoms with Gasteiger partial charge in [0.05, 0.1) is 13.2 Å². The number of halogens is 1. The van der Waals surface area contributed by atoms with E-state index in [1.165, 1.54) is 12.8 Å². The van der Waals surface area contributed by atoms with Gasteiger partial charge in [0, 0.05) is 6.54 Å². The Morgan fingerprint density at radius 1 is 1.08 bits per heavy atom. The molecular weight excluding hydrogens is 383 g/mol. The molecule has 0 radical (unpaired) electrons. The molecule has 0 atom stereocenters. The largest absolute Gasteiger partial charge is 0.531 e. The van der Waals surface area contributed by atoms with Gasteiger partial charge >= 0.3 is 7.82 Å². The normalized spacial score (nSPS) is 11.9. The minimum Gasteiger partial charge on any atom is -0.382 e. The van der Waals surface area contributed by atoms with Gasteiger partial charge in [0.1, 0.15) is 10.0 Å². The number of phosphoric ester groups is 1. The third-order valence-corrected chi connectivity index (χ3v) is 6.56. The molecule has 0 saturated heterocycles. The summed E-state index contributed by atoms with van der Waals surface area (Å²) in [5, 5.41) is 5.63. The standard InChI is InChI=1S/C16H30ClN2O4PS/c1-5-9-10-11-12-19-16(25-13-6-2)14(17)15(18-19)23-24(20,21-7-3)22-8-4/h5-13H2,1-4H3. The smallest absolute Gasteiger partial charge is 0.382 e. The van der Waals surface area contributed by atoms with Crippen molar-refractivity contribution in [2.24, 2.45) is 0 Å². The summed E-state index contributed by atoms with van der Waals surface area (Å²) in [4.78, 5) is 0. The highest BCUT2D eigenvalue weighted by Crippen LogP contribution is 2.51. The fourth-order valence-corrected chi connectivity index (χ4v) is 4.59. The number of phosphoric acid groups is 1. The van der Waals surface area contributed by atoms with Crippen LogP contribution >= 0.6 is 31.2 Å². The third kappa shape index (κ3) is 7.51. The second kappa shape index (κ2) is 12.2. The molecule has 146 valence electrons. The Hall–Kier alpha value is -0.200. The Morgan fingerprint density at radius 2 is 1.76 bits per heavy atom. The number of hydrogen-bond donors (Lipinski definition) is 0.